The number of hydrogen-bond acceptors (Lipinski definition) is 4. The lowest BCUT2D eigenvalue weighted by Gasteiger charge is -2.03. The molecule has 3 N–H and O–H groups in total. The van der Waals surface area contributed by atoms with E-state index in [1.165, 1.54) is 23.5 Å². The molecular formula is C16H15NO3S. The molecule has 1 heterocycles. The highest BCUT2D eigenvalue weighted by Gasteiger charge is 2.06. The molecule has 0 aliphatic carbocycles. The molecule has 1 amide bonds. The van der Waals surface area contributed by atoms with Gasteiger partial charge in [-0.1, -0.05) is 17.9 Å². The molecule has 0 unspecified atom stereocenters. The second-order valence-corrected chi connectivity index (χ2v) is 5.44. The molecule has 0 saturated heterocycles. The molecule has 0 aliphatic heterocycles. The van der Waals surface area contributed by atoms with Crippen LogP contribution < -0.4 is 5.32 Å². The van der Waals surface area contributed by atoms with Crippen LogP contribution in [0.25, 0.3) is 0 Å². The molecule has 0 bridgehead atoms. The lowest BCUT2D eigenvalue weighted by Crippen LogP contribution is -2.22. The SMILES string of the molecule is O=C(NCc1ccc(C#CCCO)s1)c1cccc(O)c1. The van der Waals surface area contributed by atoms with Crippen molar-refractivity contribution in [3.8, 4) is 17.6 Å². The number of phenols is 1. The minimum atomic E-state index is -0.229. The molecule has 0 spiro atoms. The number of phenolic OH excluding ortho intramolecular Hbond substituents is 1. The first-order chi connectivity index (χ1) is 10.2. The summed E-state index contributed by atoms with van der Waals surface area (Å²) in [5.74, 6) is 5.65. The van der Waals surface area contributed by atoms with Gasteiger partial charge in [-0.25, -0.2) is 0 Å². The van der Waals surface area contributed by atoms with E-state index in [2.05, 4.69) is 17.2 Å². The zero-order chi connectivity index (χ0) is 15.1. The standard InChI is InChI=1S/C16H15NO3S/c18-9-2-1-6-14-7-8-15(21-14)11-17-16(20)12-4-3-5-13(19)10-12/h3-5,7-8,10,18-19H,2,9,11H2,(H,17,20). The lowest BCUT2D eigenvalue weighted by atomic mass is 10.2. The molecule has 5 heteroatoms. The van der Waals surface area contributed by atoms with Gasteiger partial charge in [0.05, 0.1) is 18.0 Å². The Bertz CT molecular complexity index is 682. The summed E-state index contributed by atoms with van der Waals surface area (Å²) in [6.45, 7) is 0.478. The van der Waals surface area contributed by atoms with Crippen molar-refractivity contribution in [2.45, 2.75) is 13.0 Å². The number of hydrogen-bond donors (Lipinski definition) is 3. The predicted molar refractivity (Wildman–Crippen MR) is 82.2 cm³/mol. The summed E-state index contributed by atoms with van der Waals surface area (Å²) in [6, 6.07) is 10.0. The molecule has 0 aliphatic rings. The normalized spacial score (nSPS) is 9.76. The fourth-order valence-electron chi connectivity index (χ4n) is 1.66. The van der Waals surface area contributed by atoms with E-state index in [1.807, 2.05) is 12.1 Å². The fourth-order valence-corrected chi connectivity index (χ4v) is 2.48. The summed E-state index contributed by atoms with van der Waals surface area (Å²) >= 11 is 1.50. The Morgan fingerprint density at radius 2 is 2.14 bits per heavy atom. The van der Waals surface area contributed by atoms with Crippen molar-refractivity contribution in [1.29, 1.82) is 0 Å². The summed E-state index contributed by atoms with van der Waals surface area (Å²) < 4.78 is 0. The van der Waals surface area contributed by atoms with Gasteiger partial charge < -0.3 is 15.5 Å². The third-order valence-corrected chi connectivity index (χ3v) is 3.64. The van der Waals surface area contributed by atoms with Gasteiger partial charge in [0.15, 0.2) is 0 Å². The van der Waals surface area contributed by atoms with Crippen molar-refractivity contribution in [3.63, 3.8) is 0 Å². The minimum Gasteiger partial charge on any atom is -0.508 e. The van der Waals surface area contributed by atoms with Gasteiger partial charge in [-0.3, -0.25) is 4.79 Å². The molecule has 1 aromatic carbocycles. The molecule has 108 valence electrons. The number of aliphatic hydroxyl groups excluding tert-OH is 1. The highest BCUT2D eigenvalue weighted by Crippen LogP contribution is 2.16. The van der Waals surface area contributed by atoms with E-state index in [0.29, 0.717) is 18.5 Å². The van der Waals surface area contributed by atoms with Crippen LogP contribution in [0.4, 0.5) is 0 Å². The molecule has 21 heavy (non-hydrogen) atoms. The molecule has 0 fully saturated rings. The second-order valence-electron chi connectivity index (χ2n) is 4.27. The third kappa shape index (κ3) is 4.63. The highest BCUT2D eigenvalue weighted by molar-refractivity contribution is 7.12. The first-order valence-corrected chi connectivity index (χ1v) is 7.26. The highest BCUT2D eigenvalue weighted by atomic mass is 32.1. The third-order valence-electron chi connectivity index (χ3n) is 2.64. The van der Waals surface area contributed by atoms with Crippen LogP contribution >= 0.6 is 11.3 Å². The van der Waals surface area contributed by atoms with Crippen molar-refractivity contribution in [2.75, 3.05) is 6.61 Å². The summed E-state index contributed by atoms with van der Waals surface area (Å²) in [5, 5.41) is 20.8. The van der Waals surface area contributed by atoms with Crippen molar-refractivity contribution < 1.29 is 15.0 Å². The van der Waals surface area contributed by atoms with Gasteiger partial charge in [-0.05, 0) is 30.3 Å². The van der Waals surface area contributed by atoms with E-state index in [4.69, 9.17) is 5.11 Å². The van der Waals surface area contributed by atoms with E-state index >= 15 is 0 Å². The van der Waals surface area contributed by atoms with Crippen molar-refractivity contribution >= 4 is 17.2 Å². The molecule has 0 saturated carbocycles. The molecule has 0 radical (unpaired) electrons. The van der Waals surface area contributed by atoms with E-state index in [9.17, 15) is 9.90 Å². The fraction of sp³-hybridized carbons (Fsp3) is 0.188. The Morgan fingerprint density at radius 3 is 2.90 bits per heavy atom. The summed E-state index contributed by atoms with van der Waals surface area (Å²) in [5.41, 5.74) is 0.425. The largest absolute Gasteiger partial charge is 0.508 e. The molecule has 4 nitrogen and oxygen atoms in total. The maximum absolute atomic E-state index is 11.9. The van der Waals surface area contributed by atoms with Gasteiger partial charge in [0, 0.05) is 16.9 Å². The van der Waals surface area contributed by atoms with Crippen LogP contribution in [0.5, 0.6) is 5.75 Å². The molecule has 2 rings (SSSR count). The zero-order valence-corrected chi connectivity index (χ0v) is 12.1. The Morgan fingerprint density at radius 1 is 1.29 bits per heavy atom. The first kappa shape index (κ1) is 15.1. The van der Waals surface area contributed by atoms with Gasteiger partial charge >= 0.3 is 0 Å². The summed E-state index contributed by atoms with van der Waals surface area (Å²) in [7, 11) is 0. The molecular weight excluding hydrogens is 286 g/mol. The van der Waals surface area contributed by atoms with Crippen LogP contribution in [0, 0.1) is 11.8 Å². The number of carbonyl (C=O) groups excluding carboxylic acids is 1. The van der Waals surface area contributed by atoms with E-state index < -0.39 is 0 Å². The molecule has 2 aromatic rings. The van der Waals surface area contributed by atoms with Crippen LogP contribution in [-0.2, 0) is 6.54 Å². The smallest absolute Gasteiger partial charge is 0.251 e. The van der Waals surface area contributed by atoms with Crippen LogP contribution in [-0.4, -0.2) is 22.7 Å². The molecule has 0 atom stereocenters. The van der Waals surface area contributed by atoms with Gasteiger partial charge in [-0.2, -0.15) is 0 Å². The average molecular weight is 301 g/mol. The van der Waals surface area contributed by atoms with Gasteiger partial charge in [0.2, 0.25) is 0 Å². The average Bonchev–Trinajstić information content (AvgIpc) is 2.93. The number of rotatable bonds is 4. The second kappa shape index (κ2) is 7.48. The summed E-state index contributed by atoms with van der Waals surface area (Å²) in [4.78, 5) is 13.8. The van der Waals surface area contributed by atoms with Gasteiger partial charge in [-0.15, -0.1) is 11.3 Å². The number of nitrogens with one attached hydrogen (secondary N) is 1. The lowest BCUT2D eigenvalue weighted by molar-refractivity contribution is 0.0951. The Hall–Kier alpha value is -2.29. The monoisotopic (exact) mass is 301 g/mol. The van der Waals surface area contributed by atoms with E-state index in [1.54, 1.807) is 12.1 Å². The maximum atomic E-state index is 11.9. The minimum absolute atomic E-state index is 0.0607. The number of aromatic hydroxyl groups is 1. The maximum Gasteiger partial charge on any atom is 0.251 e. The Kier molecular flexibility index (Phi) is 5.38. The zero-order valence-electron chi connectivity index (χ0n) is 11.3. The quantitative estimate of drug-likeness (QED) is 0.758. The van der Waals surface area contributed by atoms with Crippen molar-refractivity contribution in [2.24, 2.45) is 0 Å². The van der Waals surface area contributed by atoms with E-state index in [-0.39, 0.29) is 18.3 Å². The first-order valence-electron chi connectivity index (χ1n) is 6.44. The van der Waals surface area contributed by atoms with Crippen LogP contribution in [0.15, 0.2) is 36.4 Å². The van der Waals surface area contributed by atoms with Crippen LogP contribution in [0.3, 0.4) is 0 Å². The predicted octanol–water partition coefficient (Wildman–Crippen LogP) is 2.12. The van der Waals surface area contributed by atoms with E-state index in [0.717, 1.165) is 9.75 Å². The van der Waals surface area contributed by atoms with Crippen molar-refractivity contribution in [3.05, 3.63) is 51.7 Å². The number of aliphatic hydroxyl groups is 1. The van der Waals surface area contributed by atoms with Crippen molar-refractivity contribution in [1.82, 2.24) is 5.32 Å². The Labute approximate surface area is 127 Å². The topological polar surface area (TPSA) is 69.6 Å². The summed E-state index contributed by atoms with van der Waals surface area (Å²) in [6.07, 6.45) is 0.460. The van der Waals surface area contributed by atoms with Gasteiger partial charge in [0.1, 0.15) is 5.75 Å². The Balaban J connectivity index is 1.91. The number of amides is 1. The molecule has 1 aromatic heterocycles. The van der Waals surface area contributed by atoms with Gasteiger partial charge in [0.25, 0.3) is 5.91 Å². The number of thiophene rings is 1. The number of carbonyl (C=O) groups is 1. The number of benzene rings is 1. The van der Waals surface area contributed by atoms with Crippen LogP contribution in [0.2, 0.25) is 0 Å². The van der Waals surface area contributed by atoms with Crippen LogP contribution in [0.1, 0.15) is 26.5 Å².